The Morgan fingerprint density at radius 1 is 1.04 bits per heavy atom. The predicted molar refractivity (Wildman–Crippen MR) is 104 cm³/mol. The number of amides is 1. The van der Waals surface area contributed by atoms with Gasteiger partial charge in [0.05, 0.1) is 0 Å². The molecule has 3 heteroatoms. The number of piperidine rings is 1. The molecule has 1 amide bonds. The quantitative estimate of drug-likeness (QED) is 0.764. The Labute approximate surface area is 157 Å². The van der Waals surface area contributed by atoms with Crippen molar-refractivity contribution in [3.8, 4) is 0 Å². The lowest BCUT2D eigenvalue weighted by molar-refractivity contribution is -0.131. The van der Waals surface area contributed by atoms with Gasteiger partial charge >= 0.3 is 0 Å². The second-order valence-electron chi connectivity index (χ2n) is 9.52. The van der Waals surface area contributed by atoms with Crippen molar-refractivity contribution in [2.45, 2.75) is 69.9 Å². The molecule has 2 saturated carbocycles. The number of benzene rings is 1. The van der Waals surface area contributed by atoms with Gasteiger partial charge in [0.15, 0.2) is 0 Å². The third kappa shape index (κ3) is 2.79. The minimum atomic E-state index is 0.185. The Hall–Kier alpha value is -1.35. The van der Waals surface area contributed by atoms with Crippen molar-refractivity contribution in [3.63, 3.8) is 0 Å². The van der Waals surface area contributed by atoms with Crippen LogP contribution in [0.15, 0.2) is 24.3 Å². The lowest BCUT2D eigenvalue weighted by Gasteiger charge is -2.50. The van der Waals surface area contributed by atoms with Crippen molar-refractivity contribution in [2.24, 2.45) is 11.8 Å². The highest BCUT2D eigenvalue weighted by Crippen LogP contribution is 2.46. The van der Waals surface area contributed by atoms with Crippen LogP contribution in [-0.2, 0) is 16.8 Å². The maximum Gasteiger partial charge on any atom is 0.219 e. The molecule has 2 unspecified atom stereocenters. The number of nitrogens with zero attached hydrogens (tertiary/aromatic N) is 2. The van der Waals surface area contributed by atoms with E-state index in [2.05, 4.69) is 34.1 Å². The van der Waals surface area contributed by atoms with Crippen molar-refractivity contribution in [1.29, 1.82) is 0 Å². The van der Waals surface area contributed by atoms with Gasteiger partial charge in [-0.1, -0.05) is 37.1 Å². The van der Waals surface area contributed by atoms with E-state index < -0.39 is 0 Å². The number of carbonyl (C=O) groups is 1. The van der Waals surface area contributed by atoms with Crippen molar-refractivity contribution in [1.82, 2.24) is 9.80 Å². The van der Waals surface area contributed by atoms with Crippen molar-refractivity contribution < 1.29 is 4.79 Å². The number of fused-ring (bicyclic) bond motifs is 4. The summed E-state index contributed by atoms with van der Waals surface area (Å²) in [5.74, 6) is 2.25. The molecule has 140 valence electrons. The largest absolute Gasteiger partial charge is 0.338 e. The minimum Gasteiger partial charge on any atom is -0.338 e. The summed E-state index contributed by atoms with van der Waals surface area (Å²) in [6, 6.07) is 9.72. The molecule has 2 aliphatic heterocycles. The highest BCUT2D eigenvalue weighted by atomic mass is 16.2. The second-order valence-corrected chi connectivity index (χ2v) is 9.52. The fraction of sp³-hybridized carbons (Fsp3) is 0.696. The zero-order valence-electron chi connectivity index (χ0n) is 16.1. The Morgan fingerprint density at radius 2 is 1.73 bits per heavy atom. The van der Waals surface area contributed by atoms with Gasteiger partial charge in [-0.3, -0.25) is 4.79 Å². The third-order valence-electron chi connectivity index (χ3n) is 8.02. The van der Waals surface area contributed by atoms with Gasteiger partial charge in [0.25, 0.3) is 0 Å². The summed E-state index contributed by atoms with van der Waals surface area (Å²) in [6.07, 6.45) is 9.79. The van der Waals surface area contributed by atoms with Crippen LogP contribution in [0.5, 0.6) is 0 Å². The van der Waals surface area contributed by atoms with Crippen LogP contribution in [0.3, 0.4) is 0 Å². The van der Waals surface area contributed by atoms with Gasteiger partial charge in [-0.15, -0.1) is 0 Å². The third-order valence-corrected chi connectivity index (χ3v) is 8.02. The number of hydrogen-bond donors (Lipinski definition) is 0. The molecule has 3 nitrogen and oxygen atoms in total. The van der Waals surface area contributed by atoms with Crippen molar-refractivity contribution in [2.75, 3.05) is 19.6 Å². The number of carbonyl (C=O) groups excluding carboxylic acids is 1. The summed E-state index contributed by atoms with van der Waals surface area (Å²) in [4.78, 5) is 17.0. The highest BCUT2D eigenvalue weighted by molar-refractivity contribution is 5.74. The van der Waals surface area contributed by atoms with Crippen molar-refractivity contribution in [3.05, 3.63) is 35.4 Å². The SMILES string of the molecule is CC(=O)N1Cc2ccccc2C2(CCN(C3CC4CCC(C4)C3)CC2)C1. The highest BCUT2D eigenvalue weighted by Gasteiger charge is 2.44. The monoisotopic (exact) mass is 352 g/mol. The molecule has 3 fully saturated rings. The summed E-state index contributed by atoms with van der Waals surface area (Å²) < 4.78 is 0. The normalized spacial score (nSPS) is 33.3. The number of hydrogen-bond acceptors (Lipinski definition) is 2. The first-order valence-electron chi connectivity index (χ1n) is 10.7. The zero-order valence-corrected chi connectivity index (χ0v) is 16.1. The number of rotatable bonds is 1. The van der Waals surface area contributed by atoms with Crippen molar-refractivity contribution >= 4 is 5.91 Å². The predicted octanol–water partition coefficient (Wildman–Crippen LogP) is 3.96. The Bertz CT molecular complexity index is 679. The van der Waals surface area contributed by atoms with E-state index in [0.717, 1.165) is 31.0 Å². The molecular weight excluding hydrogens is 320 g/mol. The maximum absolute atomic E-state index is 12.1. The van der Waals surface area contributed by atoms with Gasteiger partial charge in [-0.2, -0.15) is 0 Å². The van der Waals surface area contributed by atoms with Gasteiger partial charge in [0, 0.05) is 31.5 Å². The molecule has 1 saturated heterocycles. The first-order chi connectivity index (χ1) is 12.6. The molecule has 0 aromatic heterocycles. The fourth-order valence-corrected chi connectivity index (χ4v) is 6.63. The zero-order chi connectivity index (χ0) is 17.7. The first kappa shape index (κ1) is 16.8. The van der Waals surface area contributed by atoms with Gasteiger partial charge in [-0.05, 0) is 68.2 Å². The Kier molecular flexibility index (Phi) is 4.11. The van der Waals surface area contributed by atoms with Crippen LogP contribution in [0.4, 0.5) is 0 Å². The molecule has 26 heavy (non-hydrogen) atoms. The molecule has 1 spiro atoms. The van der Waals surface area contributed by atoms with E-state index in [1.54, 1.807) is 6.92 Å². The van der Waals surface area contributed by atoms with E-state index in [-0.39, 0.29) is 11.3 Å². The molecular formula is C23H32N2O. The van der Waals surface area contributed by atoms with Crippen LogP contribution in [0.25, 0.3) is 0 Å². The average Bonchev–Trinajstić information content (AvgIpc) is 3.00. The van der Waals surface area contributed by atoms with Crippen LogP contribution < -0.4 is 0 Å². The minimum absolute atomic E-state index is 0.185. The molecule has 1 aromatic carbocycles. The summed E-state index contributed by atoms with van der Waals surface area (Å²) in [5, 5.41) is 0. The molecule has 4 aliphatic rings. The molecule has 0 radical (unpaired) electrons. The standard InChI is InChI=1S/C23H32N2O/c1-17(26)25-15-20-4-2-3-5-22(20)23(16-25)8-10-24(11-9-23)21-13-18-6-7-19(12-18)14-21/h2-5,18-19,21H,6-16H2,1H3. The van der Waals surface area contributed by atoms with E-state index in [1.165, 1.54) is 69.2 Å². The molecule has 2 bridgehead atoms. The van der Waals surface area contributed by atoms with Crippen LogP contribution in [0, 0.1) is 11.8 Å². The molecule has 5 rings (SSSR count). The van der Waals surface area contributed by atoms with Crippen LogP contribution in [0.2, 0.25) is 0 Å². The van der Waals surface area contributed by atoms with Gasteiger partial charge < -0.3 is 9.80 Å². The lowest BCUT2D eigenvalue weighted by atomic mass is 9.68. The summed E-state index contributed by atoms with van der Waals surface area (Å²) in [5.41, 5.74) is 3.09. The summed E-state index contributed by atoms with van der Waals surface area (Å²) >= 11 is 0. The van der Waals surface area contributed by atoms with E-state index in [1.807, 2.05) is 0 Å². The summed E-state index contributed by atoms with van der Waals surface area (Å²) in [6.45, 7) is 5.87. The van der Waals surface area contributed by atoms with E-state index >= 15 is 0 Å². The Balaban J connectivity index is 1.35. The fourth-order valence-electron chi connectivity index (χ4n) is 6.63. The van der Waals surface area contributed by atoms with Crippen LogP contribution in [-0.4, -0.2) is 41.4 Å². The summed E-state index contributed by atoms with van der Waals surface area (Å²) in [7, 11) is 0. The number of likely N-dealkylation sites (tertiary alicyclic amines) is 1. The molecule has 2 heterocycles. The van der Waals surface area contributed by atoms with Gasteiger partial charge in [0.2, 0.25) is 5.91 Å². The average molecular weight is 353 g/mol. The van der Waals surface area contributed by atoms with E-state index in [4.69, 9.17) is 0 Å². The smallest absolute Gasteiger partial charge is 0.219 e. The lowest BCUT2D eigenvalue weighted by Crippen LogP contribution is -2.55. The molecule has 2 aliphatic carbocycles. The van der Waals surface area contributed by atoms with Crippen LogP contribution in [0.1, 0.15) is 63.0 Å². The molecule has 1 aromatic rings. The molecule has 0 N–H and O–H groups in total. The van der Waals surface area contributed by atoms with Gasteiger partial charge in [-0.25, -0.2) is 0 Å². The van der Waals surface area contributed by atoms with E-state index in [9.17, 15) is 4.79 Å². The van der Waals surface area contributed by atoms with Gasteiger partial charge in [0.1, 0.15) is 0 Å². The second kappa shape index (κ2) is 6.37. The Morgan fingerprint density at radius 3 is 2.42 bits per heavy atom. The first-order valence-corrected chi connectivity index (χ1v) is 10.7. The molecule has 2 atom stereocenters. The topological polar surface area (TPSA) is 23.6 Å². The maximum atomic E-state index is 12.1. The van der Waals surface area contributed by atoms with Crippen LogP contribution >= 0.6 is 0 Å². The van der Waals surface area contributed by atoms with E-state index in [0.29, 0.717) is 0 Å².